The largest absolute Gasteiger partial charge is 0.461 e. The van der Waals surface area contributed by atoms with E-state index in [2.05, 4.69) is 39.2 Å². The van der Waals surface area contributed by atoms with Gasteiger partial charge < -0.3 is 9.32 Å². The standard InChI is InChI=1S/C21H24N4O2/c1-16-6-7-20(27-16)18-5-3-4-17(12-18)15-24-8-10-25(11-9-24)19-13-21(26)23(2)22-14-19/h3-7,12-14H,8-11,15H2,1-2H3. The van der Waals surface area contributed by atoms with Crippen LogP contribution in [0.4, 0.5) is 5.69 Å². The molecule has 1 saturated heterocycles. The van der Waals surface area contributed by atoms with Crippen molar-refractivity contribution in [1.29, 1.82) is 0 Å². The van der Waals surface area contributed by atoms with Gasteiger partial charge in [0.1, 0.15) is 11.5 Å². The first-order valence-electron chi connectivity index (χ1n) is 9.25. The van der Waals surface area contributed by atoms with E-state index in [-0.39, 0.29) is 5.56 Å². The van der Waals surface area contributed by atoms with Crippen molar-refractivity contribution in [3.05, 3.63) is 70.3 Å². The van der Waals surface area contributed by atoms with E-state index in [0.717, 1.165) is 55.5 Å². The summed E-state index contributed by atoms with van der Waals surface area (Å²) in [5, 5.41) is 4.12. The minimum absolute atomic E-state index is 0.0695. The number of nitrogens with zero attached hydrogens (tertiary/aromatic N) is 4. The maximum Gasteiger partial charge on any atom is 0.268 e. The first-order valence-corrected chi connectivity index (χ1v) is 9.25. The van der Waals surface area contributed by atoms with E-state index < -0.39 is 0 Å². The number of rotatable bonds is 4. The van der Waals surface area contributed by atoms with Crippen molar-refractivity contribution in [3.63, 3.8) is 0 Å². The Morgan fingerprint density at radius 3 is 2.59 bits per heavy atom. The maximum absolute atomic E-state index is 11.8. The summed E-state index contributed by atoms with van der Waals surface area (Å²) < 4.78 is 7.10. The number of anilines is 1. The first kappa shape index (κ1) is 17.5. The highest BCUT2D eigenvalue weighted by molar-refractivity contribution is 5.58. The lowest BCUT2D eigenvalue weighted by Crippen LogP contribution is -2.46. The molecule has 3 heterocycles. The van der Waals surface area contributed by atoms with Gasteiger partial charge in [-0.05, 0) is 30.7 Å². The summed E-state index contributed by atoms with van der Waals surface area (Å²) in [4.78, 5) is 16.5. The van der Waals surface area contributed by atoms with Gasteiger partial charge in [0.15, 0.2) is 0 Å². The van der Waals surface area contributed by atoms with Crippen molar-refractivity contribution in [1.82, 2.24) is 14.7 Å². The molecule has 0 atom stereocenters. The van der Waals surface area contributed by atoms with Crippen LogP contribution in [0.15, 0.2) is 57.9 Å². The molecular weight excluding hydrogens is 340 g/mol. The fourth-order valence-corrected chi connectivity index (χ4v) is 3.47. The third-order valence-electron chi connectivity index (χ3n) is 5.05. The molecule has 0 unspecified atom stereocenters. The van der Waals surface area contributed by atoms with E-state index >= 15 is 0 Å². The van der Waals surface area contributed by atoms with Crippen LogP contribution in [-0.4, -0.2) is 40.9 Å². The van der Waals surface area contributed by atoms with Gasteiger partial charge in [0, 0.05) is 51.4 Å². The molecule has 1 aliphatic heterocycles. The summed E-state index contributed by atoms with van der Waals surface area (Å²) in [7, 11) is 1.67. The second kappa shape index (κ2) is 7.40. The van der Waals surface area contributed by atoms with E-state index in [4.69, 9.17) is 4.42 Å². The molecule has 2 aromatic heterocycles. The summed E-state index contributed by atoms with van der Waals surface area (Å²) in [5.74, 6) is 1.84. The van der Waals surface area contributed by atoms with Crippen molar-refractivity contribution < 1.29 is 4.42 Å². The van der Waals surface area contributed by atoms with Crippen LogP contribution in [0.2, 0.25) is 0 Å². The Bertz CT molecular complexity index is 984. The molecule has 1 aliphatic rings. The van der Waals surface area contributed by atoms with Crippen LogP contribution in [0.1, 0.15) is 11.3 Å². The molecule has 3 aromatic rings. The summed E-state index contributed by atoms with van der Waals surface area (Å²) in [6.45, 7) is 6.58. The Morgan fingerprint density at radius 2 is 1.89 bits per heavy atom. The number of aryl methyl sites for hydroxylation is 2. The summed E-state index contributed by atoms with van der Waals surface area (Å²) in [6, 6.07) is 14.2. The molecule has 0 saturated carbocycles. The molecule has 0 spiro atoms. The van der Waals surface area contributed by atoms with Gasteiger partial charge in [0.25, 0.3) is 5.56 Å². The lowest BCUT2D eigenvalue weighted by Gasteiger charge is -2.35. The van der Waals surface area contributed by atoms with Crippen molar-refractivity contribution in [2.75, 3.05) is 31.1 Å². The Balaban J connectivity index is 1.39. The molecule has 0 amide bonds. The zero-order valence-corrected chi connectivity index (χ0v) is 15.8. The van der Waals surface area contributed by atoms with Gasteiger partial charge >= 0.3 is 0 Å². The van der Waals surface area contributed by atoms with Crippen LogP contribution >= 0.6 is 0 Å². The fraction of sp³-hybridized carbons (Fsp3) is 0.333. The monoisotopic (exact) mass is 364 g/mol. The highest BCUT2D eigenvalue weighted by Crippen LogP contribution is 2.23. The van der Waals surface area contributed by atoms with Crippen LogP contribution < -0.4 is 10.5 Å². The zero-order valence-electron chi connectivity index (χ0n) is 15.8. The van der Waals surface area contributed by atoms with Gasteiger partial charge in [-0.15, -0.1) is 0 Å². The second-order valence-electron chi connectivity index (χ2n) is 7.05. The molecular formula is C21H24N4O2. The third kappa shape index (κ3) is 3.95. The number of benzene rings is 1. The molecule has 0 bridgehead atoms. The summed E-state index contributed by atoms with van der Waals surface area (Å²) in [6.07, 6.45) is 1.77. The molecule has 0 aliphatic carbocycles. The lowest BCUT2D eigenvalue weighted by atomic mass is 10.1. The van der Waals surface area contributed by atoms with Gasteiger partial charge in [0.2, 0.25) is 0 Å². The number of hydrogen-bond acceptors (Lipinski definition) is 5. The van der Waals surface area contributed by atoms with E-state index in [1.165, 1.54) is 10.2 Å². The average molecular weight is 364 g/mol. The Kier molecular flexibility index (Phi) is 4.81. The van der Waals surface area contributed by atoms with Gasteiger partial charge in [-0.25, -0.2) is 4.68 Å². The lowest BCUT2D eigenvalue weighted by molar-refractivity contribution is 0.250. The van der Waals surface area contributed by atoms with Crippen LogP contribution in [0.3, 0.4) is 0 Å². The predicted molar refractivity (Wildman–Crippen MR) is 106 cm³/mol. The average Bonchev–Trinajstić information content (AvgIpc) is 3.11. The third-order valence-corrected chi connectivity index (χ3v) is 5.05. The molecule has 1 aromatic carbocycles. The van der Waals surface area contributed by atoms with Crippen LogP contribution in [0.25, 0.3) is 11.3 Å². The van der Waals surface area contributed by atoms with E-state index in [1.807, 2.05) is 19.1 Å². The molecule has 4 rings (SSSR count). The van der Waals surface area contributed by atoms with E-state index in [0.29, 0.717) is 0 Å². The molecule has 0 N–H and O–H groups in total. The second-order valence-corrected chi connectivity index (χ2v) is 7.05. The highest BCUT2D eigenvalue weighted by Gasteiger charge is 2.18. The maximum atomic E-state index is 11.8. The Hall–Kier alpha value is -2.86. The van der Waals surface area contributed by atoms with Crippen molar-refractivity contribution >= 4 is 5.69 Å². The summed E-state index contributed by atoms with van der Waals surface area (Å²) in [5.41, 5.74) is 3.24. The SMILES string of the molecule is Cc1ccc(-c2cccc(CN3CCN(c4cnn(C)c(=O)c4)CC3)c2)o1. The van der Waals surface area contributed by atoms with Gasteiger partial charge in [-0.1, -0.05) is 18.2 Å². The number of piperazine rings is 1. The van der Waals surface area contributed by atoms with Gasteiger partial charge in [-0.2, -0.15) is 5.10 Å². The molecule has 27 heavy (non-hydrogen) atoms. The highest BCUT2D eigenvalue weighted by atomic mass is 16.3. The number of hydrogen-bond donors (Lipinski definition) is 0. The first-order chi connectivity index (χ1) is 13.1. The van der Waals surface area contributed by atoms with Gasteiger partial charge in [-0.3, -0.25) is 9.69 Å². The van der Waals surface area contributed by atoms with E-state index in [9.17, 15) is 4.79 Å². The Labute approximate surface area is 158 Å². The smallest absolute Gasteiger partial charge is 0.268 e. The minimum atomic E-state index is -0.0695. The topological polar surface area (TPSA) is 54.5 Å². The van der Waals surface area contributed by atoms with E-state index in [1.54, 1.807) is 19.3 Å². The normalized spacial score (nSPS) is 15.3. The molecule has 6 nitrogen and oxygen atoms in total. The zero-order chi connectivity index (χ0) is 18.8. The molecule has 0 radical (unpaired) electrons. The van der Waals surface area contributed by atoms with Crippen LogP contribution in [0.5, 0.6) is 0 Å². The fourth-order valence-electron chi connectivity index (χ4n) is 3.47. The summed E-state index contributed by atoms with van der Waals surface area (Å²) >= 11 is 0. The van der Waals surface area contributed by atoms with Gasteiger partial charge in [0.05, 0.1) is 11.9 Å². The minimum Gasteiger partial charge on any atom is -0.461 e. The van der Waals surface area contributed by atoms with Crippen LogP contribution in [0, 0.1) is 6.92 Å². The number of furan rings is 1. The number of aromatic nitrogens is 2. The molecule has 1 fully saturated rings. The van der Waals surface area contributed by atoms with Crippen molar-refractivity contribution in [3.8, 4) is 11.3 Å². The molecule has 140 valence electrons. The van der Waals surface area contributed by atoms with Crippen molar-refractivity contribution in [2.24, 2.45) is 7.05 Å². The molecule has 6 heteroatoms. The predicted octanol–water partition coefficient (Wildman–Crippen LogP) is 2.67. The van der Waals surface area contributed by atoms with Crippen LogP contribution in [-0.2, 0) is 13.6 Å². The Morgan fingerprint density at radius 1 is 1.07 bits per heavy atom. The quantitative estimate of drug-likeness (QED) is 0.712. The van der Waals surface area contributed by atoms with Crippen molar-refractivity contribution in [2.45, 2.75) is 13.5 Å².